The summed E-state index contributed by atoms with van der Waals surface area (Å²) in [5.74, 6) is 0. The van der Waals surface area contributed by atoms with Gasteiger partial charge < -0.3 is 4.42 Å². The average Bonchev–Trinajstić information content (AvgIpc) is 3.28. The number of pyridine rings is 1. The van der Waals surface area contributed by atoms with Crippen molar-refractivity contribution >= 4 is 43.5 Å². The molecule has 0 unspecified atom stereocenters. The number of hydrogen-bond acceptors (Lipinski definition) is 2. The van der Waals surface area contributed by atoms with Crippen molar-refractivity contribution in [2.24, 2.45) is 0 Å². The van der Waals surface area contributed by atoms with Gasteiger partial charge in [-0.3, -0.25) is 4.98 Å². The van der Waals surface area contributed by atoms with Gasteiger partial charge in [-0.2, -0.15) is 0 Å². The van der Waals surface area contributed by atoms with Crippen molar-refractivity contribution in [1.29, 1.82) is 0 Å². The van der Waals surface area contributed by atoms with Gasteiger partial charge in [0.25, 0.3) is 0 Å². The minimum absolute atomic E-state index is 0.881. The summed E-state index contributed by atoms with van der Waals surface area (Å²) in [6.45, 7) is 0. The highest BCUT2D eigenvalue weighted by molar-refractivity contribution is 6.17. The molecule has 2 heterocycles. The van der Waals surface area contributed by atoms with Crippen LogP contribution < -0.4 is 0 Å². The number of rotatable bonds is 2. The molecule has 0 amide bonds. The van der Waals surface area contributed by atoms with Crippen LogP contribution in [0.5, 0.6) is 0 Å². The van der Waals surface area contributed by atoms with Crippen LogP contribution in [0.25, 0.3) is 65.9 Å². The van der Waals surface area contributed by atoms with Gasteiger partial charge in [0.15, 0.2) is 0 Å². The van der Waals surface area contributed by atoms with Crippen LogP contribution in [0.4, 0.5) is 0 Å². The van der Waals surface area contributed by atoms with E-state index in [4.69, 9.17) is 9.40 Å². The summed E-state index contributed by atoms with van der Waals surface area (Å²) < 4.78 is 6.51. The molecule has 0 spiro atoms. The first-order valence-corrected chi connectivity index (χ1v) is 11.1. The molecule has 0 fully saturated rings. The lowest BCUT2D eigenvalue weighted by Gasteiger charge is -2.07. The Kier molecular flexibility index (Phi) is 3.88. The Labute approximate surface area is 190 Å². The maximum absolute atomic E-state index is 6.51. The minimum Gasteiger partial charge on any atom is -0.455 e. The lowest BCUT2D eigenvalue weighted by atomic mass is 9.99. The van der Waals surface area contributed by atoms with Crippen molar-refractivity contribution in [3.05, 3.63) is 115 Å². The van der Waals surface area contributed by atoms with Gasteiger partial charge in [-0.1, -0.05) is 78.9 Å². The van der Waals surface area contributed by atoms with Crippen molar-refractivity contribution < 1.29 is 4.42 Å². The monoisotopic (exact) mass is 421 g/mol. The highest BCUT2D eigenvalue weighted by Crippen LogP contribution is 2.38. The fourth-order valence-corrected chi connectivity index (χ4v) is 4.85. The van der Waals surface area contributed by atoms with Crippen LogP contribution >= 0.6 is 0 Å². The first-order chi connectivity index (χ1) is 16.3. The number of furan rings is 1. The quantitative estimate of drug-likeness (QED) is 0.279. The lowest BCUT2D eigenvalue weighted by Crippen LogP contribution is -1.86. The van der Waals surface area contributed by atoms with Crippen LogP contribution in [-0.4, -0.2) is 4.98 Å². The Bertz CT molecular complexity index is 1830. The summed E-state index contributed by atoms with van der Waals surface area (Å²) in [6, 6.07) is 38.3. The van der Waals surface area contributed by atoms with Crippen LogP contribution in [0.15, 0.2) is 120 Å². The van der Waals surface area contributed by atoms with E-state index >= 15 is 0 Å². The van der Waals surface area contributed by atoms with E-state index in [1.165, 1.54) is 21.7 Å². The normalized spacial score (nSPS) is 11.6. The van der Waals surface area contributed by atoms with E-state index in [1.807, 2.05) is 6.20 Å². The zero-order chi connectivity index (χ0) is 21.8. The molecule has 0 radical (unpaired) electrons. The van der Waals surface area contributed by atoms with Crippen LogP contribution in [0.3, 0.4) is 0 Å². The van der Waals surface area contributed by atoms with Crippen molar-refractivity contribution in [1.82, 2.24) is 4.98 Å². The second kappa shape index (κ2) is 7.04. The van der Waals surface area contributed by atoms with Gasteiger partial charge in [-0.25, -0.2) is 0 Å². The molecule has 0 aliphatic rings. The van der Waals surface area contributed by atoms with Gasteiger partial charge in [0.05, 0.1) is 5.69 Å². The predicted octanol–water partition coefficient (Wildman–Crippen LogP) is 8.62. The molecule has 2 nitrogen and oxygen atoms in total. The second-order valence-electron chi connectivity index (χ2n) is 8.44. The third kappa shape index (κ3) is 2.85. The molecule has 0 bridgehead atoms. The fourth-order valence-electron chi connectivity index (χ4n) is 4.85. The van der Waals surface area contributed by atoms with Crippen LogP contribution in [0, 0.1) is 0 Å². The number of fused-ring (bicyclic) bond motifs is 6. The SMILES string of the molecule is c1ccc2cc(-c3ccnc(-c4cccc5c4oc4c6ccccc6ccc54)c3)ccc2c1. The number of benzene rings is 5. The third-order valence-electron chi connectivity index (χ3n) is 6.51. The Balaban J connectivity index is 1.43. The van der Waals surface area contributed by atoms with Gasteiger partial charge in [0.2, 0.25) is 0 Å². The van der Waals surface area contributed by atoms with Crippen molar-refractivity contribution in [3.63, 3.8) is 0 Å². The molecule has 0 aliphatic heterocycles. The molecule has 7 aromatic rings. The molecule has 33 heavy (non-hydrogen) atoms. The maximum Gasteiger partial charge on any atom is 0.144 e. The predicted molar refractivity (Wildman–Crippen MR) is 137 cm³/mol. The standard InChI is InChI=1S/C31H19NO/c1-2-8-22-18-23(13-12-20(22)6-1)24-16-17-32-29(19-24)28-11-5-10-26-27-15-14-21-7-3-4-9-25(21)30(27)33-31(26)28/h1-19H. The van der Waals surface area contributed by atoms with E-state index in [1.54, 1.807) is 0 Å². The summed E-state index contributed by atoms with van der Waals surface area (Å²) in [5, 5.41) is 7.05. The summed E-state index contributed by atoms with van der Waals surface area (Å²) in [7, 11) is 0. The number of nitrogens with zero attached hydrogens (tertiary/aromatic N) is 1. The summed E-state index contributed by atoms with van der Waals surface area (Å²) in [4.78, 5) is 4.72. The van der Waals surface area contributed by atoms with E-state index in [0.717, 1.165) is 44.1 Å². The Morgan fingerprint density at radius 2 is 1.21 bits per heavy atom. The summed E-state index contributed by atoms with van der Waals surface area (Å²) in [6.07, 6.45) is 1.89. The van der Waals surface area contributed by atoms with Gasteiger partial charge in [0.1, 0.15) is 11.2 Å². The molecular formula is C31H19NO. The van der Waals surface area contributed by atoms with Crippen LogP contribution in [-0.2, 0) is 0 Å². The summed E-state index contributed by atoms with van der Waals surface area (Å²) in [5.41, 5.74) is 6.06. The smallest absolute Gasteiger partial charge is 0.144 e. The van der Waals surface area contributed by atoms with Crippen molar-refractivity contribution in [2.75, 3.05) is 0 Å². The first kappa shape index (κ1) is 18.2. The molecule has 154 valence electrons. The molecule has 0 aliphatic carbocycles. The Morgan fingerprint density at radius 3 is 2.15 bits per heavy atom. The molecule has 0 atom stereocenters. The van der Waals surface area contributed by atoms with E-state index in [0.29, 0.717) is 0 Å². The molecule has 0 saturated carbocycles. The van der Waals surface area contributed by atoms with Gasteiger partial charge in [0, 0.05) is 27.9 Å². The zero-order valence-electron chi connectivity index (χ0n) is 17.8. The molecule has 5 aromatic carbocycles. The van der Waals surface area contributed by atoms with Gasteiger partial charge in [-0.15, -0.1) is 0 Å². The molecule has 0 saturated heterocycles. The Morgan fingerprint density at radius 1 is 0.485 bits per heavy atom. The average molecular weight is 421 g/mol. The topological polar surface area (TPSA) is 26.0 Å². The van der Waals surface area contributed by atoms with Crippen molar-refractivity contribution in [3.8, 4) is 22.4 Å². The highest BCUT2D eigenvalue weighted by atomic mass is 16.3. The number of aromatic nitrogens is 1. The van der Waals surface area contributed by atoms with Crippen LogP contribution in [0.1, 0.15) is 0 Å². The number of para-hydroxylation sites is 1. The fraction of sp³-hybridized carbons (Fsp3) is 0. The van der Waals surface area contributed by atoms with E-state index in [9.17, 15) is 0 Å². The van der Waals surface area contributed by atoms with Crippen molar-refractivity contribution in [2.45, 2.75) is 0 Å². The van der Waals surface area contributed by atoms with E-state index in [2.05, 4.69) is 109 Å². The van der Waals surface area contributed by atoms with Gasteiger partial charge in [-0.05, 0) is 57.6 Å². The molecule has 7 rings (SSSR count). The van der Waals surface area contributed by atoms with Crippen LogP contribution in [0.2, 0.25) is 0 Å². The lowest BCUT2D eigenvalue weighted by molar-refractivity contribution is 0.673. The number of hydrogen-bond donors (Lipinski definition) is 0. The maximum atomic E-state index is 6.51. The summed E-state index contributed by atoms with van der Waals surface area (Å²) >= 11 is 0. The molecule has 2 aromatic heterocycles. The van der Waals surface area contributed by atoms with E-state index in [-0.39, 0.29) is 0 Å². The molecule has 2 heteroatoms. The zero-order valence-corrected chi connectivity index (χ0v) is 17.8. The molecule has 0 N–H and O–H groups in total. The first-order valence-electron chi connectivity index (χ1n) is 11.1. The largest absolute Gasteiger partial charge is 0.455 e. The van der Waals surface area contributed by atoms with E-state index < -0.39 is 0 Å². The third-order valence-corrected chi connectivity index (χ3v) is 6.51. The second-order valence-corrected chi connectivity index (χ2v) is 8.44. The Hall–Kier alpha value is -4.43. The minimum atomic E-state index is 0.881. The highest BCUT2D eigenvalue weighted by Gasteiger charge is 2.15. The molecular weight excluding hydrogens is 402 g/mol. The van der Waals surface area contributed by atoms with Gasteiger partial charge >= 0.3 is 0 Å².